The van der Waals surface area contributed by atoms with Gasteiger partial charge in [0.2, 0.25) is 0 Å². The summed E-state index contributed by atoms with van der Waals surface area (Å²) in [7, 11) is 0. The largest absolute Gasteiger partial charge is 0.365 e. The Labute approximate surface area is 90.3 Å². The molecule has 0 aromatic heterocycles. The van der Waals surface area contributed by atoms with Gasteiger partial charge in [-0.15, -0.1) is 0 Å². The van der Waals surface area contributed by atoms with Crippen molar-refractivity contribution in [1.82, 2.24) is 5.32 Å². The van der Waals surface area contributed by atoms with Crippen LogP contribution in [0.5, 0.6) is 0 Å². The topological polar surface area (TPSA) is 39.1 Å². The van der Waals surface area contributed by atoms with Gasteiger partial charge in [0.25, 0.3) is 0 Å². The van der Waals surface area contributed by atoms with Gasteiger partial charge in [-0.3, -0.25) is 0 Å². The van der Waals surface area contributed by atoms with E-state index in [9.17, 15) is 0 Å². The molecule has 3 heteroatoms. The molecule has 15 heavy (non-hydrogen) atoms. The number of nitrogens with one attached hydrogen (secondary N) is 1. The summed E-state index contributed by atoms with van der Waals surface area (Å²) >= 11 is 0. The second-order valence-electron chi connectivity index (χ2n) is 3.73. The lowest BCUT2D eigenvalue weighted by molar-refractivity contribution is 0.417. The molecule has 1 fully saturated rings. The van der Waals surface area contributed by atoms with Crippen LogP contribution in [0.3, 0.4) is 0 Å². The minimum absolute atomic E-state index is 0.546. The third-order valence-electron chi connectivity index (χ3n) is 2.88. The van der Waals surface area contributed by atoms with E-state index >= 15 is 0 Å². The number of hydrogen-bond acceptors (Lipinski definition) is 3. The van der Waals surface area contributed by atoms with Crippen LogP contribution >= 0.6 is 0 Å². The standard InChI is InChI=1S/C12H15N3/c1-2-15(11-8-14-9-11)12-6-4-3-5-10(12)7-13/h3-6,11,14H,2,8-9H2,1H3. The average Bonchev–Trinajstić information content (AvgIpc) is 2.23. The second-order valence-corrected chi connectivity index (χ2v) is 3.73. The van der Waals surface area contributed by atoms with Crippen LogP contribution in [0.2, 0.25) is 0 Å². The molecule has 1 aromatic rings. The SMILES string of the molecule is CCN(c1ccccc1C#N)C1CNC1. The predicted molar refractivity (Wildman–Crippen MR) is 60.8 cm³/mol. The van der Waals surface area contributed by atoms with Gasteiger partial charge in [0.05, 0.1) is 17.3 Å². The zero-order valence-electron chi connectivity index (χ0n) is 8.90. The van der Waals surface area contributed by atoms with Crippen molar-refractivity contribution in [1.29, 1.82) is 5.26 Å². The van der Waals surface area contributed by atoms with Crippen LogP contribution in [0.15, 0.2) is 24.3 Å². The quantitative estimate of drug-likeness (QED) is 0.802. The Balaban J connectivity index is 2.29. The summed E-state index contributed by atoms with van der Waals surface area (Å²) in [5, 5.41) is 12.3. The fraction of sp³-hybridized carbons (Fsp3) is 0.417. The molecule has 1 aromatic carbocycles. The lowest BCUT2D eigenvalue weighted by Gasteiger charge is -2.39. The lowest BCUT2D eigenvalue weighted by atomic mass is 10.1. The highest BCUT2D eigenvalue weighted by Gasteiger charge is 2.24. The molecule has 1 heterocycles. The third-order valence-corrected chi connectivity index (χ3v) is 2.88. The predicted octanol–water partition coefficient (Wildman–Crippen LogP) is 1.36. The van der Waals surface area contributed by atoms with Crippen molar-refractivity contribution in [3.05, 3.63) is 29.8 Å². The number of benzene rings is 1. The maximum atomic E-state index is 9.04. The molecule has 3 nitrogen and oxygen atoms in total. The summed E-state index contributed by atoms with van der Waals surface area (Å²) in [6.07, 6.45) is 0. The number of likely N-dealkylation sites (N-methyl/N-ethyl adjacent to an activating group) is 1. The van der Waals surface area contributed by atoms with Crippen LogP contribution in [0.4, 0.5) is 5.69 Å². The normalized spacial score (nSPS) is 15.5. The van der Waals surface area contributed by atoms with E-state index in [1.807, 2.05) is 24.3 Å². The van der Waals surface area contributed by atoms with Crippen LogP contribution in [0, 0.1) is 11.3 Å². The Hall–Kier alpha value is -1.53. The van der Waals surface area contributed by atoms with Gasteiger partial charge < -0.3 is 10.2 Å². The molecule has 0 unspecified atom stereocenters. The minimum Gasteiger partial charge on any atom is -0.365 e. The molecule has 0 atom stereocenters. The van der Waals surface area contributed by atoms with E-state index in [0.717, 1.165) is 30.9 Å². The summed E-state index contributed by atoms with van der Waals surface area (Å²) in [6.45, 7) is 5.12. The molecule has 1 N–H and O–H groups in total. The van der Waals surface area contributed by atoms with Crippen molar-refractivity contribution in [3.8, 4) is 6.07 Å². The maximum absolute atomic E-state index is 9.04. The Kier molecular flexibility index (Phi) is 2.89. The zero-order chi connectivity index (χ0) is 10.7. The number of nitrogens with zero attached hydrogens (tertiary/aromatic N) is 2. The van der Waals surface area contributed by atoms with Crippen LogP contribution in [-0.2, 0) is 0 Å². The third kappa shape index (κ3) is 1.81. The fourth-order valence-corrected chi connectivity index (χ4v) is 1.94. The maximum Gasteiger partial charge on any atom is 0.101 e. The van der Waals surface area contributed by atoms with Gasteiger partial charge in [0.1, 0.15) is 6.07 Å². The van der Waals surface area contributed by atoms with Gasteiger partial charge in [0.15, 0.2) is 0 Å². The Morgan fingerprint density at radius 3 is 2.73 bits per heavy atom. The molecule has 1 saturated heterocycles. The first-order valence-electron chi connectivity index (χ1n) is 5.33. The number of rotatable bonds is 3. The van der Waals surface area contributed by atoms with Crippen LogP contribution in [0.1, 0.15) is 12.5 Å². The fourth-order valence-electron chi connectivity index (χ4n) is 1.94. The summed E-state index contributed by atoms with van der Waals surface area (Å²) in [6, 6.07) is 10.6. The summed E-state index contributed by atoms with van der Waals surface area (Å²) in [5.41, 5.74) is 1.83. The van der Waals surface area contributed by atoms with Gasteiger partial charge >= 0.3 is 0 Å². The molecule has 1 aliphatic heterocycles. The van der Waals surface area contributed by atoms with Crippen LogP contribution < -0.4 is 10.2 Å². The zero-order valence-corrected chi connectivity index (χ0v) is 8.90. The van der Waals surface area contributed by atoms with E-state index in [-0.39, 0.29) is 0 Å². The van der Waals surface area contributed by atoms with Gasteiger partial charge in [-0.05, 0) is 19.1 Å². The molecular formula is C12H15N3. The first kappa shape index (κ1) is 10.0. The van der Waals surface area contributed by atoms with E-state index in [0.29, 0.717) is 6.04 Å². The first-order valence-corrected chi connectivity index (χ1v) is 5.33. The van der Waals surface area contributed by atoms with Gasteiger partial charge in [-0.1, -0.05) is 12.1 Å². The van der Waals surface area contributed by atoms with E-state index in [1.54, 1.807) is 0 Å². The van der Waals surface area contributed by atoms with Crippen molar-refractivity contribution in [2.45, 2.75) is 13.0 Å². The lowest BCUT2D eigenvalue weighted by Crippen LogP contribution is -2.57. The molecular weight excluding hydrogens is 186 g/mol. The molecule has 0 saturated carbocycles. The molecule has 0 bridgehead atoms. The van der Waals surface area contributed by atoms with Crippen molar-refractivity contribution in [3.63, 3.8) is 0 Å². The van der Waals surface area contributed by atoms with E-state index in [2.05, 4.69) is 23.2 Å². The summed E-state index contributed by atoms with van der Waals surface area (Å²) < 4.78 is 0. The van der Waals surface area contributed by atoms with Crippen molar-refractivity contribution in [2.75, 3.05) is 24.5 Å². The van der Waals surface area contributed by atoms with Crippen molar-refractivity contribution >= 4 is 5.69 Å². The number of nitriles is 1. The minimum atomic E-state index is 0.546. The highest BCUT2D eigenvalue weighted by molar-refractivity contribution is 5.60. The molecule has 0 spiro atoms. The summed E-state index contributed by atoms with van der Waals surface area (Å²) in [5.74, 6) is 0. The first-order chi connectivity index (χ1) is 7.36. The van der Waals surface area contributed by atoms with E-state index in [4.69, 9.17) is 5.26 Å². The second kappa shape index (κ2) is 4.33. The molecule has 2 rings (SSSR count). The van der Waals surface area contributed by atoms with Crippen molar-refractivity contribution < 1.29 is 0 Å². The van der Waals surface area contributed by atoms with Crippen LogP contribution in [0.25, 0.3) is 0 Å². The Morgan fingerprint density at radius 1 is 1.47 bits per heavy atom. The highest BCUT2D eigenvalue weighted by Crippen LogP contribution is 2.22. The van der Waals surface area contributed by atoms with Gasteiger partial charge in [-0.25, -0.2) is 0 Å². The summed E-state index contributed by atoms with van der Waals surface area (Å²) in [4.78, 5) is 2.30. The average molecular weight is 201 g/mol. The number of para-hydroxylation sites is 1. The Morgan fingerprint density at radius 2 is 2.20 bits per heavy atom. The molecule has 1 aliphatic rings. The number of anilines is 1. The molecule has 78 valence electrons. The smallest absolute Gasteiger partial charge is 0.101 e. The van der Waals surface area contributed by atoms with Gasteiger partial charge in [0, 0.05) is 19.6 Å². The highest BCUT2D eigenvalue weighted by atomic mass is 15.2. The monoisotopic (exact) mass is 201 g/mol. The molecule has 0 amide bonds. The number of hydrogen-bond donors (Lipinski definition) is 1. The van der Waals surface area contributed by atoms with Crippen LogP contribution in [-0.4, -0.2) is 25.7 Å². The van der Waals surface area contributed by atoms with E-state index < -0.39 is 0 Å². The van der Waals surface area contributed by atoms with Crippen molar-refractivity contribution in [2.24, 2.45) is 0 Å². The molecule has 0 aliphatic carbocycles. The van der Waals surface area contributed by atoms with Gasteiger partial charge in [-0.2, -0.15) is 5.26 Å². The van der Waals surface area contributed by atoms with E-state index in [1.165, 1.54) is 0 Å². The molecule has 0 radical (unpaired) electrons. The Bertz CT molecular complexity index is 377.